The van der Waals surface area contributed by atoms with E-state index in [0.29, 0.717) is 23.6 Å². The van der Waals surface area contributed by atoms with Gasteiger partial charge in [0.15, 0.2) is 0 Å². The Morgan fingerprint density at radius 2 is 2.18 bits per heavy atom. The summed E-state index contributed by atoms with van der Waals surface area (Å²) in [5, 5.41) is 3.08. The Balaban J connectivity index is 2.00. The number of hydrogen-bond donors (Lipinski definition) is 1. The van der Waals surface area contributed by atoms with Crippen LogP contribution < -0.4 is 5.32 Å². The highest BCUT2D eigenvalue weighted by Gasteiger charge is 2.30. The van der Waals surface area contributed by atoms with Crippen molar-refractivity contribution < 1.29 is 4.79 Å². The van der Waals surface area contributed by atoms with E-state index in [1.54, 1.807) is 12.3 Å². The third-order valence-corrected chi connectivity index (χ3v) is 4.21. The number of carbonyl (C=O) groups is 1. The number of carbonyl (C=O) groups excluding carboxylic acids is 1. The van der Waals surface area contributed by atoms with E-state index >= 15 is 0 Å². The predicted molar refractivity (Wildman–Crippen MR) is 70.8 cm³/mol. The maximum absolute atomic E-state index is 12.0. The van der Waals surface area contributed by atoms with Crippen molar-refractivity contribution in [3.05, 3.63) is 28.5 Å². The van der Waals surface area contributed by atoms with Gasteiger partial charge in [-0.1, -0.05) is 13.8 Å². The number of rotatable bonds is 2. The Kier molecular flexibility index (Phi) is 3.82. The van der Waals surface area contributed by atoms with E-state index in [9.17, 15) is 4.79 Å². The fraction of sp³-hybridized carbons (Fsp3) is 0.538. The molecule has 3 nitrogen and oxygen atoms in total. The summed E-state index contributed by atoms with van der Waals surface area (Å²) in [6.07, 6.45) is 3.92. The molecule has 0 radical (unpaired) electrons. The highest BCUT2D eigenvalue weighted by atomic mass is 79.9. The highest BCUT2D eigenvalue weighted by Crippen LogP contribution is 2.31. The van der Waals surface area contributed by atoms with E-state index in [4.69, 9.17) is 0 Å². The molecule has 92 valence electrons. The lowest BCUT2D eigenvalue weighted by atomic mass is 9.98. The lowest BCUT2D eigenvalue weighted by Gasteiger charge is -2.19. The molecule has 2 rings (SSSR count). The Hall–Kier alpha value is -0.900. The topological polar surface area (TPSA) is 42.0 Å². The van der Waals surface area contributed by atoms with Gasteiger partial charge in [0, 0.05) is 16.7 Å². The molecule has 1 N–H and O–H groups in total. The Morgan fingerprint density at radius 1 is 1.41 bits per heavy atom. The molecule has 3 atom stereocenters. The molecule has 1 aromatic rings. The standard InChI is InChI=1S/C13H17BrN2O/c1-8-3-5-11(9(8)2)16-13(17)12-6-4-10(14)7-15-12/h4,6-9,11H,3,5H2,1-2H3,(H,16,17). The van der Waals surface area contributed by atoms with Crippen LogP contribution >= 0.6 is 15.9 Å². The zero-order valence-electron chi connectivity index (χ0n) is 10.1. The van der Waals surface area contributed by atoms with Gasteiger partial charge in [0.2, 0.25) is 0 Å². The van der Waals surface area contributed by atoms with Gasteiger partial charge < -0.3 is 5.32 Å². The molecule has 0 saturated heterocycles. The quantitative estimate of drug-likeness (QED) is 0.911. The molecule has 0 bridgehead atoms. The molecule has 1 heterocycles. The van der Waals surface area contributed by atoms with Crippen LogP contribution in [0.4, 0.5) is 0 Å². The molecule has 3 unspecified atom stereocenters. The van der Waals surface area contributed by atoms with Crippen molar-refractivity contribution >= 4 is 21.8 Å². The van der Waals surface area contributed by atoms with Crippen LogP contribution in [0.2, 0.25) is 0 Å². The first-order valence-corrected chi connectivity index (χ1v) is 6.79. The van der Waals surface area contributed by atoms with Crippen LogP contribution in [0.1, 0.15) is 37.2 Å². The molecule has 1 aliphatic carbocycles. The summed E-state index contributed by atoms with van der Waals surface area (Å²) in [5.41, 5.74) is 0.486. The van der Waals surface area contributed by atoms with E-state index < -0.39 is 0 Å². The summed E-state index contributed by atoms with van der Waals surface area (Å²) < 4.78 is 0.886. The number of pyridine rings is 1. The van der Waals surface area contributed by atoms with Crippen LogP contribution in [-0.2, 0) is 0 Å². The van der Waals surface area contributed by atoms with Crippen LogP contribution in [0.25, 0.3) is 0 Å². The number of nitrogens with one attached hydrogen (secondary N) is 1. The molecule has 1 aromatic heterocycles. The van der Waals surface area contributed by atoms with E-state index in [0.717, 1.165) is 10.9 Å². The SMILES string of the molecule is CC1CCC(NC(=O)c2ccc(Br)cn2)C1C. The fourth-order valence-electron chi connectivity index (χ4n) is 2.32. The summed E-state index contributed by atoms with van der Waals surface area (Å²) in [4.78, 5) is 16.1. The minimum Gasteiger partial charge on any atom is -0.348 e. The molecule has 17 heavy (non-hydrogen) atoms. The average Bonchev–Trinajstić information content (AvgIpc) is 2.62. The molecule has 0 aliphatic heterocycles. The summed E-state index contributed by atoms with van der Waals surface area (Å²) in [6.45, 7) is 4.45. The molecule has 1 aliphatic rings. The maximum atomic E-state index is 12.0. The summed E-state index contributed by atoms with van der Waals surface area (Å²) in [5.74, 6) is 1.18. The molecule has 1 saturated carbocycles. The third-order valence-electron chi connectivity index (χ3n) is 3.74. The van der Waals surface area contributed by atoms with Gasteiger partial charge in [-0.15, -0.1) is 0 Å². The van der Waals surface area contributed by atoms with Gasteiger partial charge in [-0.05, 0) is 52.7 Å². The minimum atomic E-state index is -0.0662. The summed E-state index contributed by atoms with van der Waals surface area (Å²) >= 11 is 3.31. The smallest absolute Gasteiger partial charge is 0.270 e. The van der Waals surface area contributed by atoms with Crippen molar-refractivity contribution in [2.75, 3.05) is 0 Å². The van der Waals surface area contributed by atoms with Gasteiger partial charge in [0.25, 0.3) is 5.91 Å². The van der Waals surface area contributed by atoms with Crippen LogP contribution in [0.3, 0.4) is 0 Å². The van der Waals surface area contributed by atoms with Crippen LogP contribution in [-0.4, -0.2) is 16.9 Å². The van der Waals surface area contributed by atoms with Crippen molar-refractivity contribution in [2.45, 2.75) is 32.7 Å². The Bertz CT molecular complexity index is 404. The predicted octanol–water partition coefficient (Wildman–Crippen LogP) is 3.01. The molecule has 0 spiro atoms. The Morgan fingerprint density at radius 3 is 2.71 bits per heavy atom. The first-order valence-electron chi connectivity index (χ1n) is 6.00. The van der Waals surface area contributed by atoms with E-state index in [-0.39, 0.29) is 5.91 Å². The maximum Gasteiger partial charge on any atom is 0.270 e. The van der Waals surface area contributed by atoms with Crippen molar-refractivity contribution in [1.29, 1.82) is 0 Å². The number of aromatic nitrogens is 1. The van der Waals surface area contributed by atoms with Crippen LogP contribution in [0, 0.1) is 11.8 Å². The van der Waals surface area contributed by atoms with Crippen molar-refractivity contribution in [1.82, 2.24) is 10.3 Å². The Labute approximate surface area is 110 Å². The fourth-order valence-corrected chi connectivity index (χ4v) is 2.56. The number of amides is 1. The van der Waals surface area contributed by atoms with E-state index in [1.165, 1.54) is 6.42 Å². The number of halogens is 1. The van der Waals surface area contributed by atoms with Gasteiger partial charge in [0.05, 0.1) is 0 Å². The first kappa shape index (κ1) is 12.6. The van der Waals surface area contributed by atoms with Gasteiger partial charge in [-0.3, -0.25) is 4.79 Å². The van der Waals surface area contributed by atoms with Crippen LogP contribution in [0.5, 0.6) is 0 Å². The number of nitrogens with zero attached hydrogens (tertiary/aromatic N) is 1. The summed E-state index contributed by atoms with van der Waals surface area (Å²) in [7, 11) is 0. The largest absolute Gasteiger partial charge is 0.348 e. The normalized spacial score (nSPS) is 28.1. The second-order valence-electron chi connectivity index (χ2n) is 4.86. The van der Waals surface area contributed by atoms with Gasteiger partial charge in [-0.25, -0.2) is 4.98 Å². The van der Waals surface area contributed by atoms with Gasteiger partial charge in [0.1, 0.15) is 5.69 Å². The second kappa shape index (κ2) is 5.17. The average molecular weight is 297 g/mol. The van der Waals surface area contributed by atoms with Gasteiger partial charge >= 0.3 is 0 Å². The molecule has 0 aromatic carbocycles. The third kappa shape index (κ3) is 2.86. The zero-order chi connectivity index (χ0) is 12.4. The van der Waals surface area contributed by atoms with E-state index in [2.05, 4.69) is 40.1 Å². The molecule has 1 fully saturated rings. The van der Waals surface area contributed by atoms with E-state index in [1.807, 2.05) is 6.07 Å². The minimum absolute atomic E-state index is 0.0662. The number of hydrogen-bond acceptors (Lipinski definition) is 2. The second-order valence-corrected chi connectivity index (χ2v) is 5.77. The highest BCUT2D eigenvalue weighted by molar-refractivity contribution is 9.10. The van der Waals surface area contributed by atoms with Gasteiger partial charge in [-0.2, -0.15) is 0 Å². The lowest BCUT2D eigenvalue weighted by molar-refractivity contribution is 0.0922. The molecular weight excluding hydrogens is 280 g/mol. The van der Waals surface area contributed by atoms with Crippen molar-refractivity contribution in [3.8, 4) is 0 Å². The first-order chi connectivity index (χ1) is 8.08. The zero-order valence-corrected chi connectivity index (χ0v) is 11.7. The monoisotopic (exact) mass is 296 g/mol. The molecular formula is C13H17BrN2O. The lowest BCUT2D eigenvalue weighted by Crippen LogP contribution is -2.37. The molecule has 1 amide bonds. The molecule has 4 heteroatoms. The van der Waals surface area contributed by atoms with Crippen molar-refractivity contribution in [3.63, 3.8) is 0 Å². The van der Waals surface area contributed by atoms with Crippen molar-refractivity contribution in [2.24, 2.45) is 11.8 Å². The summed E-state index contributed by atoms with van der Waals surface area (Å²) in [6, 6.07) is 3.87. The van der Waals surface area contributed by atoms with Crippen LogP contribution in [0.15, 0.2) is 22.8 Å².